The summed E-state index contributed by atoms with van der Waals surface area (Å²) in [6.45, 7) is 8.39. The van der Waals surface area contributed by atoms with E-state index in [0.29, 0.717) is 19.6 Å². The van der Waals surface area contributed by atoms with Crippen molar-refractivity contribution in [3.05, 3.63) is 0 Å². The number of nitrogens with one attached hydrogen (secondary N) is 2. The van der Waals surface area contributed by atoms with Gasteiger partial charge in [-0.2, -0.15) is 13.2 Å². The molecule has 0 amide bonds. The van der Waals surface area contributed by atoms with E-state index in [-0.39, 0.29) is 35.4 Å². The predicted molar refractivity (Wildman–Crippen MR) is 115 cm³/mol. The molecule has 2 heterocycles. The quantitative estimate of drug-likeness (QED) is 0.331. The first-order valence-corrected chi connectivity index (χ1v) is 9.68. The van der Waals surface area contributed by atoms with E-state index in [1.807, 2.05) is 0 Å². The smallest absolute Gasteiger partial charge is 0.356 e. The summed E-state index contributed by atoms with van der Waals surface area (Å²) in [5.41, 5.74) is 0.0505. The third-order valence-corrected chi connectivity index (χ3v) is 5.46. The first-order chi connectivity index (χ1) is 12.2. The summed E-state index contributed by atoms with van der Waals surface area (Å²) in [7, 11) is 1.73. The Bertz CT molecular complexity index is 464. The molecule has 2 aliphatic rings. The lowest BCUT2D eigenvalue weighted by Crippen LogP contribution is -2.55. The van der Waals surface area contributed by atoms with Gasteiger partial charge in [0.2, 0.25) is 0 Å². The van der Waals surface area contributed by atoms with E-state index in [2.05, 4.69) is 34.4 Å². The maximum Gasteiger partial charge on any atom is 0.401 e. The number of guanidine groups is 1. The van der Waals surface area contributed by atoms with Gasteiger partial charge in [0.15, 0.2) is 5.96 Å². The second kappa shape index (κ2) is 11.0. The van der Waals surface area contributed by atoms with E-state index < -0.39 is 12.7 Å². The SMILES string of the molecule is CN=C(NCC1CCN(CC(F)(F)F)C1)NCC(C)(C)N1CCCCC1.I. The lowest BCUT2D eigenvalue weighted by Gasteiger charge is -2.41. The molecule has 0 aromatic rings. The van der Waals surface area contributed by atoms with Gasteiger partial charge in [-0.3, -0.25) is 14.8 Å². The van der Waals surface area contributed by atoms with Gasteiger partial charge in [-0.25, -0.2) is 0 Å². The van der Waals surface area contributed by atoms with E-state index in [1.165, 1.54) is 24.2 Å². The molecule has 0 aromatic carbocycles. The zero-order valence-electron chi connectivity index (χ0n) is 16.7. The highest BCUT2D eigenvalue weighted by molar-refractivity contribution is 14.0. The molecular weight excluding hydrogens is 470 g/mol. The second-order valence-electron chi connectivity index (χ2n) is 8.17. The molecule has 2 rings (SSSR count). The zero-order chi connectivity index (χ0) is 19.2. The zero-order valence-corrected chi connectivity index (χ0v) is 19.1. The van der Waals surface area contributed by atoms with Gasteiger partial charge in [-0.1, -0.05) is 6.42 Å². The van der Waals surface area contributed by atoms with E-state index >= 15 is 0 Å². The summed E-state index contributed by atoms with van der Waals surface area (Å²) in [5.74, 6) is 0.954. The van der Waals surface area contributed by atoms with Crippen molar-refractivity contribution in [2.75, 3.05) is 52.9 Å². The van der Waals surface area contributed by atoms with Crippen molar-refractivity contribution in [1.82, 2.24) is 20.4 Å². The van der Waals surface area contributed by atoms with Gasteiger partial charge in [0.25, 0.3) is 0 Å². The molecule has 0 radical (unpaired) electrons. The molecule has 0 saturated carbocycles. The largest absolute Gasteiger partial charge is 0.401 e. The molecular formula is C18H35F3IN5. The number of likely N-dealkylation sites (tertiary alicyclic amines) is 2. The topological polar surface area (TPSA) is 42.9 Å². The van der Waals surface area contributed by atoms with Crippen LogP contribution in [0.15, 0.2) is 4.99 Å². The fourth-order valence-electron chi connectivity index (χ4n) is 3.85. The molecule has 27 heavy (non-hydrogen) atoms. The monoisotopic (exact) mass is 505 g/mol. The highest BCUT2D eigenvalue weighted by Crippen LogP contribution is 2.22. The Hall–Kier alpha value is -0.290. The van der Waals surface area contributed by atoms with Crippen molar-refractivity contribution in [3.63, 3.8) is 0 Å². The summed E-state index contributed by atoms with van der Waals surface area (Å²) in [6.07, 6.45) is 0.508. The number of hydrogen-bond acceptors (Lipinski definition) is 3. The number of aliphatic imine (C=N–C) groups is 1. The van der Waals surface area contributed by atoms with Crippen molar-refractivity contribution in [2.24, 2.45) is 10.9 Å². The van der Waals surface area contributed by atoms with E-state index in [0.717, 1.165) is 32.0 Å². The number of rotatable bonds is 6. The first-order valence-electron chi connectivity index (χ1n) is 9.68. The summed E-state index contributed by atoms with van der Waals surface area (Å²) in [4.78, 5) is 8.26. The fourth-order valence-corrected chi connectivity index (χ4v) is 3.85. The van der Waals surface area contributed by atoms with Crippen LogP contribution in [0.4, 0.5) is 13.2 Å². The average Bonchev–Trinajstić information content (AvgIpc) is 3.01. The summed E-state index contributed by atoms with van der Waals surface area (Å²) < 4.78 is 37.4. The minimum atomic E-state index is -4.11. The highest BCUT2D eigenvalue weighted by Gasteiger charge is 2.34. The van der Waals surface area contributed by atoms with Crippen LogP contribution < -0.4 is 10.6 Å². The molecule has 2 aliphatic heterocycles. The minimum Gasteiger partial charge on any atom is -0.356 e. The van der Waals surface area contributed by atoms with Gasteiger partial charge < -0.3 is 10.6 Å². The maximum absolute atomic E-state index is 12.5. The van der Waals surface area contributed by atoms with Gasteiger partial charge in [-0.05, 0) is 58.7 Å². The van der Waals surface area contributed by atoms with E-state index in [1.54, 1.807) is 7.05 Å². The van der Waals surface area contributed by atoms with Crippen LogP contribution in [-0.4, -0.2) is 80.3 Å². The Labute approximate surface area is 178 Å². The van der Waals surface area contributed by atoms with Crippen LogP contribution in [0.5, 0.6) is 0 Å². The lowest BCUT2D eigenvalue weighted by molar-refractivity contribution is -0.143. The molecule has 160 valence electrons. The van der Waals surface area contributed by atoms with E-state index in [9.17, 15) is 13.2 Å². The first kappa shape index (κ1) is 24.7. The van der Waals surface area contributed by atoms with Crippen LogP contribution in [-0.2, 0) is 0 Å². The molecule has 2 saturated heterocycles. The van der Waals surface area contributed by atoms with Crippen LogP contribution in [0.2, 0.25) is 0 Å². The summed E-state index contributed by atoms with van der Waals surface area (Å²) in [6, 6.07) is 0. The lowest BCUT2D eigenvalue weighted by atomic mass is 9.98. The van der Waals surface area contributed by atoms with Gasteiger partial charge >= 0.3 is 6.18 Å². The molecule has 0 aliphatic carbocycles. The number of halogens is 4. The average molecular weight is 505 g/mol. The van der Waals surface area contributed by atoms with Crippen molar-refractivity contribution in [1.29, 1.82) is 0 Å². The molecule has 1 unspecified atom stereocenters. The van der Waals surface area contributed by atoms with Crippen LogP contribution in [0.3, 0.4) is 0 Å². The minimum absolute atomic E-state index is 0. The highest BCUT2D eigenvalue weighted by atomic mass is 127. The second-order valence-corrected chi connectivity index (χ2v) is 8.17. The van der Waals surface area contributed by atoms with Crippen molar-refractivity contribution >= 4 is 29.9 Å². The number of piperidine rings is 1. The Balaban J connectivity index is 0.00000364. The van der Waals surface area contributed by atoms with Crippen molar-refractivity contribution < 1.29 is 13.2 Å². The fraction of sp³-hybridized carbons (Fsp3) is 0.944. The molecule has 2 fully saturated rings. The summed E-state index contributed by atoms with van der Waals surface area (Å²) >= 11 is 0. The Morgan fingerprint density at radius 2 is 1.74 bits per heavy atom. The predicted octanol–water partition coefficient (Wildman–Crippen LogP) is 2.92. The van der Waals surface area contributed by atoms with Crippen molar-refractivity contribution in [3.8, 4) is 0 Å². The third kappa shape index (κ3) is 8.72. The molecule has 0 bridgehead atoms. The van der Waals surface area contributed by atoms with Gasteiger partial charge in [0.05, 0.1) is 6.54 Å². The van der Waals surface area contributed by atoms with Crippen LogP contribution in [0, 0.1) is 5.92 Å². The number of nitrogens with zero attached hydrogens (tertiary/aromatic N) is 3. The standard InChI is InChI=1S/C18H34F3N5.HI/c1-17(2,26-8-5-4-6-9-26)13-24-16(22-3)23-11-15-7-10-25(12-15)14-18(19,20)21;/h15H,4-14H2,1-3H3,(H2,22,23,24);1H. The molecule has 0 aromatic heterocycles. The van der Waals surface area contributed by atoms with Gasteiger partial charge in [0, 0.05) is 32.2 Å². The molecule has 2 N–H and O–H groups in total. The molecule has 5 nitrogen and oxygen atoms in total. The van der Waals surface area contributed by atoms with Gasteiger partial charge in [0.1, 0.15) is 0 Å². The van der Waals surface area contributed by atoms with Crippen LogP contribution in [0.1, 0.15) is 39.5 Å². The Kier molecular flexibility index (Phi) is 10.1. The summed E-state index contributed by atoms with van der Waals surface area (Å²) in [5, 5.41) is 6.67. The number of alkyl halides is 3. The molecule has 9 heteroatoms. The Morgan fingerprint density at radius 1 is 1.07 bits per heavy atom. The van der Waals surface area contributed by atoms with Crippen molar-refractivity contribution in [2.45, 2.75) is 51.2 Å². The maximum atomic E-state index is 12.5. The number of hydrogen-bond donors (Lipinski definition) is 2. The molecule has 1 atom stereocenters. The molecule has 0 spiro atoms. The van der Waals surface area contributed by atoms with Crippen LogP contribution in [0.25, 0.3) is 0 Å². The van der Waals surface area contributed by atoms with Crippen LogP contribution >= 0.6 is 24.0 Å². The third-order valence-electron chi connectivity index (χ3n) is 5.46. The van der Waals surface area contributed by atoms with Gasteiger partial charge in [-0.15, -0.1) is 24.0 Å². The van der Waals surface area contributed by atoms with E-state index in [4.69, 9.17) is 0 Å². The normalized spacial score (nSPS) is 23.2. The Morgan fingerprint density at radius 3 is 2.33 bits per heavy atom.